The molecule has 0 aromatic rings. The van der Waals surface area contributed by atoms with Crippen LogP contribution in [0.25, 0.3) is 0 Å². The van der Waals surface area contributed by atoms with Crippen molar-refractivity contribution < 1.29 is 0 Å². The second kappa shape index (κ2) is 4.50. The molecule has 0 saturated heterocycles. The summed E-state index contributed by atoms with van der Waals surface area (Å²) in [5.41, 5.74) is 4.11. The second-order valence-corrected chi connectivity index (χ2v) is 4.10. The highest BCUT2D eigenvalue weighted by Gasteiger charge is 2.21. The van der Waals surface area contributed by atoms with Crippen LogP contribution in [0.4, 0.5) is 0 Å². The third kappa shape index (κ3) is 2.61. The molecule has 1 rings (SSSR count). The van der Waals surface area contributed by atoms with Crippen molar-refractivity contribution in [2.75, 3.05) is 0 Å². The lowest BCUT2D eigenvalue weighted by Crippen LogP contribution is -2.25. The molecule has 1 heteroatoms. The Balaban J connectivity index is 2.30. The van der Waals surface area contributed by atoms with Gasteiger partial charge in [0.25, 0.3) is 0 Å². The van der Waals surface area contributed by atoms with Crippen LogP contribution in [0.5, 0.6) is 0 Å². The average Bonchev–Trinajstić information content (AvgIpc) is 2.13. The first kappa shape index (κ1) is 10.4. The summed E-state index contributed by atoms with van der Waals surface area (Å²) in [6.45, 7) is 10.7. The highest BCUT2D eigenvalue weighted by molar-refractivity contribution is 5.27. The predicted octanol–water partition coefficient (Wildman–Crippen LogP) is 3.59. The molecule has 0 fully saturated rings. The van der Waals surface area contributed by atoms with Gasteiger partial charge in [-0.1, -0.05) is 32.4 Å². The summed E-state index contributed by atoms with van der Waals surface area (Å²) < 4.78 is 0. The first-order chi connectivity index (χ1) is 6.15. The Labute approximate surface area is 81.9 Å². The standard InChI is InChI=1S/C12H21N/c1-5-6-7-10(3)13-12-8-9(2)11(12)4/h9,13H,3,5-8H2,1-2,4H3. The smallest absolute Gasteiger partial charge is 0.0146 e. The van der Waals surface area contributed by atoms with Crippen molar-refractivity contribution in [2.24, 2.45) is 5.92 Å². The number of rotatable bonds is 5. The highest BCUT2D eigenvalue weighted by Crippen LogP contribution is 2.32. The Morgan fingerprint density at radius 1 is 1.62 bits per heavy atom. The van der Waals surface area contributed by atoms with Gasteiger partial charge in [0.2, 0.25) is 0 Å². The molecule has 1 unspecified atom stereocenters. The van der Waals surface area contributed by atoms with E-state index in [2.05, 4.69) is 32.7 Å². The molecule has 0 amide bonds. The molecule has 1 aliphatic carbocycles. The maximum Gasteiger partial charge on any atom is 0.0146 e. The SMILES string of the molecule is C=C(CCCC)NC1=C(C)C(C)C1. The molecule has 74 valence electrons. The molecule has 1 aliphatic rings. The van der Waals surface area contributed by atoms with Gasteiger partial charge in [-0.2, -0.15) is 0 Å². The van der Waals surface area contributed by atoms with Gasteiger partial charge < -0.3 is 5.32 Å². The van der Waals surface area contributed by atoms with Gasteiger partial charge in [0.15, 0.2) is 0 Å². The molecule has 0 spiro atoms. The van der Waals surface area contributed by atoms with Crippen LogP contribution in [-0.2, 0) is 0 Å². The predicted molar refractivity (Wildman–Crippen MR) is 58.3 cm³/mol. The van der Waals surface area contributed by atoms with Crippen LogP contribution in [-0.4, -0.2) is 0 Å². The molecule has 1 N–H and O–H groups in total. The van der Waals surface area contributed by atoms with Gasteiger partial charge in [-0.15, -0.1) is 0 Å². The van der Waals surface area contributed by atoms with Crippen LogP contribution in [0.3, 0.4) is 0 Å². The molecule has 0 saturated carbocycles. The van der Waals surface area contributed by atoms with Crippen LogP contribution in [0.15, 0.2) is 23.5 Å². The lowest BCUT2D eigenvalue weighted by molar-refractivity contribution is 0.543. The van der Waals surface area contributed by atoms with E-state index in [-0.39, 0.29) is 0 Å². The van der Waals surface area contributed by atoms with Crippen LogP contribution < -0.4 is 5.32 Å². The Morgan fingerprint density at radius 2 is 2.31 bits per heavy atom. The van der Waals surface area contributed by atoms with Gasteiger partial charge in [0.1, 0.15) is 0 Å². The van der Waals surface area contributed by atoms with Gasteiger partial charge in [0, 0.05) is 11.4 Å². The third-order valence-corrected chi connectivity index (χ3v) is 2.89. The van der Waals surface area contributed by atoms with Crippen LogP contribution in [0, 0.1) is 5.92 Å². The lowest BCUT2D eigenvalue weighted by Gasteiger charge is -2.30. The second-order valence-electron chi connectivity index (χ2n) is 4.10. The van der Waals surface area contributed by atoms with Crippen molar-refractivity contribution in [3.05, 3.63) is 23.5 Å². The monoisotopic (exact) mass is 179 g/mol. The summed E-state index contributed by atoms with van der Waals surface area (Å²) in [6, 6.07) is 0. The lowest BCUT2D eigenvalue weighted by atomic mass is 9.84. The molecular weight excluding hydrogens is 158 g/mol. The Hall–Kier alpha value is -0.720. The summed E-state index contributed by atoms with van der Waals surface area (Å²) in [5.74, 6) is 0.779. The maximum atomic E-state index is 4.03. The minimum atomic E-state index is 0.779. The number of allylic oxidation sites excluding steroid dienone is 3. The van der Waals surface area contributed by atoms with Gasteiger partial charge >= 0.3 is 0 Å². The molecule has 0 aromatic heterocycles. The Morgan fingerprint density at radius 3 is 2.77 bits per heavy atom. The zero-order valence-electron chi connectivity index (χ0n) is 9.11. The van der Waals surface area contributed by atoms with Gasteiger partial charge in [0.05, 0.1) is 0 Å². The van der Waals surface area contributed by atoms with E-state index in [1.165, 1.54) is 36.2 Å². The molecule has 0 bridgehead atoms. The quantitative estimate of drug-likeness (QED) is 0.680. The van der Waals surface area contributed by atoms with Gasteiger partial charge in [-0.05, 0) is 32.1 Å². The summed E-state index contributed by atoms with van der Waals surface area (Å²) >= 11 is 0. The topological polar surface area (TPSA) is 12.0 Å². The van der Waals surface area contributed by atoms with Crippen molar-refractivity contribution in [1.82, 2.24) is 5.32 Å². The molecule has 13 heavy (non-hydrogen) atoms. The molecule has 1 nitrogen and oxygen atoms in total. The van der Waals surface area contributed by atoms with Gasteiger partial charge in [-0.25, -0.2) is 0 Å². The Kier molecular flexibility index (Phi) is 3.58. The van der Waals surface area contributed by atoms with Crippen molar-refractivity contribution in [2.45, 2.75) is 46.5 Å². The normalized spacial score (nSPS) is 21.3. The zero-order chi connectivity index (χ0) is 9.84. The fourth-order valence-corrected chi connectivity index (χ4v) is 1.60. The van der Waals surface area contributed by atoms with Crippen LogP contribution >= 0.6 is 0 Å². The van der Waals surface area contributed by atoms with Crippen molar-refractivity contribution in [3.8, 4) is 0 Å². The highest BCUT2D eigenvalue weighted by atomic mass is 14.9. The number of hydrogen-bond donors (Lipinski definition) is 1. The average molecular weight is 179 g/mol. The van der Waals surface area contributed by atoms with E-state index in [1.54, 1.807) is 0 Å². The number of hydrogen-bond acceptors (Lipinski definition) is 1. The fourth-order valence-electron chi connectivity index (χ4n) is 1.60. The van der Waals surface area contributed by atoms with E-state index in [1.807, 2.05) is 0 Å². The summed E-state index contributed by atoms with van der Waals surface area (Å²) in [7, 11) is 0. The van der Waals surface area contributed by atoms with E-state index in [0.717, 1.165) is 12.3 Å². The minimum Gasteiger partial charge on any atom is -0.363 e. The number of nitrogens with one attached hydrogen (secondary N) is 1. The molecular formula is C12H21N. The fraction of sp³-hybridized carbons (Fsp3) is 0.667. The molecule has 0 heterocycles. The van der Waals surface area contributed by atoms with E-state index in [4.69, 9.17) is 0 Å². The first-order valence-electron chi connectivity index (χ1n) is 5.29. The van der Waals surface area contributed by atoms with Crippen molar-refractivity contribution >= 4 is 0 Å². The van der Waals surface area contributed by atoms with E-state index in [0.29, 0.717) is 0 Å². The Bertz CT molecular complexity index is 225. The largest absolute Gasteiger partial charge is 0.363 e. The summed E-state index contributed by atoms with van der Waals surface area (Å²) in [6.07, 6.45) is 4.81. The van der Waals surface area contributed by atoms with Crippen LogP contribution in [0.1, 0.15) is 46.5 Å². The number of unbranched alkanes of at least 4 members (excludes halogenated alkanes) is 1. The zero-order valence-corrected chi connectivity index (χ0v) is 9.11. The maximum absolute atomic E-state index is 4.03. The van der Waals surface area contributed by atoms with Crippen molar-refractivity contribution in [1.29, 1.82) is 0 Å². The van der Waals surface area contributed by atoms with E-state index in [9.17, 15) is 0 Å². The molecule has 0 radical (unpaired) electrons. The minimum absolute atomic E-state index is 0.779. The van der Waals surface area contributed by atoms with Crippen molar-refractivity contribution in [3.63, 3.8) is 0 Å². The van der Waals surface area contributed by atoms with E-state index < -0.39 is 0 Å². The van der Waals surface area contributed by atoms with E-state index >= 15 is 0 Å². The third-order valence-electron chi connectivity index (χ3n) is 2.89. The summed E-state index contributed by atoms with van der Waals surface area (Å²) in [4.78, 5) is 0. The molecule has 1 atom stereocenters. The molecule has 0 aliphatic heterocycles. The van der Waals surface area contributed by atoms with Crippen LogP contribution in [0.2, 0.25) is 0 Å². The first-order valence-corrected chi connectivity index (χ1v) is 5.29. The summed E-state index contributed by atoms with van der Waals surface area (Å²) in [5, 5.41) is 3.42. The molecule has 0 aromatic carbocycles. The van der Waals surface area contributed by atoms with Gasteiger partial charge in [-0.3, -0.25) is 0 Å².